The molecule has 0 bridgehead atoms. The first-order valence-electron chi connectivity index (χ1n) is 5.75. The normalized spacial score (nSPS) is 11.4. The maximum atomic E-state index is 4.18. The van der Waals surface area contributed by atoms with Gasteiger partial charge in [0.1, 0.15) is 0 Å². The minimum absolute atomic E-state index is 0.806. The van der Waals surface area contributed by atoms with Crippen LogP contribution in [0, 0.1) is 6.92 Å². The van der Waals surface area contributed by atoms with Gasteiger partial charge in [-0.1, -0.05) is 29.8 Å². The molecule has 1 aromatic rings. The maximum absolute atomic E-state index is 4.18. The Hall–Kier alpha value is -1.16. The minimum Gasteiger partial charge on any atom is -0.356 e. The topological polar surface area (TPSA) is 36.4 Å². The van der Waals surface area contributed by atoms with Crippen molar-refractivity contribution >= 4 is 17.7 Å². The quantitative estimate of drug-likeness (QED) is 0.477. The van der Waals surface area contributed by atoms with Crippen LogP contribution in [0.15, 0.2) is 29.3 Å². The van der Waals surface area contributed by atoms with Gasteiger partial charge in [0, 0.05) is 25.9 Å². The van der Waals surface area contributed by atoms with Crippen molar-refractivity contribution in [3.8, 4) is 0 Å². The van der Waals surface area contributed by atoms with E-state index >= 15 is 0 Å². The van der Waals surface area contributed by atoms with Crippen molar-refractivity contribution < 1.29 is 0 Å². The van der Waals surface area contributed by atoms with Crippen molar-refractivity contribution in [3.63, 3.8) is 0 Å². The number of hydrogen-bond acceptors (Lipinski definition) is 2. The molecule has 0 unspecified atom stereocenters. The van der Waals surface area contributed by atoms with Crippen molar-refractivity contribution in [3.05, 3.63) is 35.4 Å². The smallest absolute Gasteiger partial charge is 0.191 e. The second-order valence-electron chi connectivity index (χ2n) is 3.83. The molecule has 0 amide bonds. The number of rotatable bonds is 5. The first kappa shape index (κ1) is 13.9. The summed E-state index contributed by atoms with van der Waals surface area (Å²) >= 11 is 1.83. The monoisotopic (exact) mass is 251 g/mol. The molecule has 1 rings (SSSR count). The highest BCUT2D eigenvalue weighted by Gasteiger charge is 1.97. The second kappa shape index (κ2) is 8.01. The summed E-state index contributed by atoms with van der Waals surface area (Å²) in [5.41, 5.74) is 2.56. The van der Waals surface area contributed by atoms with Gasteiger partial charge in [0.2, 0.25) is 0 Å². The third-order valence-electron chi connectivity index (χ3n) is 2.36. The molecule has 0 aromatic heterocycles. The standard InChI is InChI=1S/C13H21N3S/c1-11-5-4-6-12(9-11)10-16-13(14-2)15-7-8-17-3/h4-6,9H,7-8,10H2,1-3H3,(H2,14,15,16). The van der Waals surface area contributed by atoms with Crippen LogP contribution < -0.4 is 10.6 Å². The maximum Gasteiger partial charge on any atom is 0.191 e. The van der Waals surface area contributed by atoms with Crippen LogP contribution in [0.25, 0.3) is 0 Å². The zero-order valence-electron chi connectivity index (χ0n) is 10.8. The molecule has 0 saturated carbocycles. The molecule has 0 spiro atoms. The van der Waals surface area contributed by atoms with E-state index in [9.17, 15) is 0 Å². The molecule has 17 heavy (non-hydrogen) atoms. The first-order valence-corrected chi connectivity index (χ1v) is 7.14. The Morgan fingerprint density at radius 1 is 1.35 bits per heavy atom. The molecular formula is C13H21N3S. The zero-order valence-corrected chi connectivity index (χ0v) is 11.6. The summed E-state index contributed by atoms with van der Waals surface area (Å²) in [5.74, 6) is 1.95. The molecular weight excluding hydrogens is 230 g/mol. The van der Waals surface area contributed by atoms with Crippen molar-refractivity contribution in [2.45, 2.75) is 13.5 Å². The summed E-state index contributed by atoms with van der Waals surface area (Å²) in [4.78, 5) is 4.18. The van der Waals surface area contributed by atoms with E-state index in [-0.39, 0.29) is 0 Å². The zero-order chi connectivity index (χ0) is 12.5. The lowest BCUT2D eigenvalue weighted by Crippen LogP contribution is -2.37. The average molecular weight is 251 g/mol. The highest BCUT2D eigenvalue weighted by molar-refractivity contribution is 7.98. The second-order valence-corrected chi connectivity index (χ2v) is 4.82. The van der Waals surface area contributed by atoms with Crippen molar-refractivity contribution in [1.29, 1.82) is 0 Å². The molecule has 2 N–H and O–H groups in total. The molecule has 0 atom stereocenters. The molecule has 0 fully saturated rings. The van der Waals surface area contributed by atoms with Crippen LogP contribution in [0.4, 0.5) is 0 Å². The molecule has 0 aliphatic heterocycles. The van der Waals surface area contributed by atoms with Gasteiger partial charge < -0.3 is 10.6 Å². The van der Waals surface area contributed by atoms with Gasteiger partial charge in [-0.25, -0.2) is 0 Å². The van der Waals surface area contributed by atoms with Crippen molar-refractivity contribution in [2.24, 2.45) is 4.99 Å². The number of benzene rings is 1. The van der Waals surface area contributed by atoms with E-state index < -0.39 is 0 Å². The van der Waals surface area contributed by atoms with Gasteiger partial charge in [-0.15, -0.1) is 0 Å². The lowest BCUT2D eigenvalue weighted by atomic mass is 10.1. The molecule has 0 aliphatic rings. The third-order valence-corrected chi connectivity index (χ3v) is 2.98. The largest absolute Gasteiger partial charge is 0.356 e. The fourth-order valence-corrected chi connectivity index (χ4v) is 1.81. The molecule has 0 aliphatic carbocycles. The van der Waals surface area contributed by atoms with Gasteiger partial charge in [0.05, 0.1) is 0 Å². The van der Waals surface area contributed by atoms with Crippen LogP contribution in [0.5, 0.6) is 0 Å². The molecule has 3 nitrogen and oxygen atoms in total. The Morgan fingerprint density at radius 3 is 2.82 bits per heavy atom. The molecule has 0 saturated heterocycles. The van der Waals surface area contributed by atoms with Gasteiger partial charge in [-0.3, -0.25) is 4.99 Å². The van der Waals surface area contributed by atoms with Crippen LogP contribution in [0.1, 0.15) is 11.1 Å². The van der Waals surface area contributed by atoms with Crippen molar-refractivity contribution in [1.82, 2.24) is 10.6 Å². The predicted octanol–water partition coefficient (Wildman–Crippen LogP) is 2.02. The van der Waals surface area contributed by atoms with E-state index in [2.05, 4.69) is 53.1 Å². The van der Waals surface area contributed by atoms with E-state index in [0.29, 0.717) is 0 Å². The number of thioether (sulfide) groups is 1. The van der Waals surface area contributed by atoms with Crippen molar-refractivity contribution in [2.75, 3.05) is 25.6 Å². The van der Waals surface area contributed by atoms with Gasteiger partial charge in [0.25, 0.3) is 0 Å². The summed E-state index contributed by atoms with van der Waals surface area (Å²) in [5, 5.41) is 6.57. The van der Waals surface area contributed by atoms with E-state index in [1.165, 1.54) is 11.1 Å². The summed E-state index contributed by atoms with van der Waals surface area (Å²) in [6.07, 6.45) is 2.10. The van der Waals surface area contributed by atoms with Gasteiger partial charge >= 0.3 is 0 Å². The number of aryl methyl sites for hydroxylation is 1. The molecule has 1 aromatic carbocycles. The minimum atomic E-state index is 0.806. The molecule has 94 valence electrons. The van der Waals surface area contributed by atoms with E-state index in [1.54, 1.807) is 7.05 Å². The van der Waals surface area contributed by atoms with Crippen LogP contribution in [0.3, 0.4) is 0 Å². The number of hydrogen-bond donors (Lipinski definition) is 2. The Morgan fingerprint density at radius 2 is 2.18 bits per heavy atom. The van der Waals surface area contributed by atoms with Gasteiger partial charge in [-0.2, -0.15) is 11.8 Å². The Balaban J connectivity index is 2.37. The summed E-state index contributed by atoms with van der Waals surface area (Å²) < 4.78 is 0. The van der Waals surface area contributed by atoms with E-state index in [4.69, 9.17) is 0 Å². The number of nitrogens with one attached hydrogen (secondary N) is 2. The molecule has 4 heteroatoms. The Bertz CT molecular complexity index is 363. The molecule has 0 heterocycles. The van der Waals surface area contributed by atoms with Crippen LogP contribution in [-0.4, -0.2) is 31.6 Å². The lowest BCUT2D eigenvalue weighted by molar-refractivity contribution is 0.832. The number of nitrogens with zero attached hydrogens (tertiary/aromatic N) is 1. The summed E-state index contributed by atoms with van der Waals surface area (Å²) in [6.45, 7) is 3.85. The van der Waals surface area contributed by atoms with Gasteiger partial charge in [-0.05, 0) is 18.7 Å². The van der Waals surface area contributed by atoms with E-state index in [0.717, 1.165) is 24.8 Å². The predicted molar refractivity (Wildman–Crippen MR) is 77.8 cm³/mol. The summed E-state index contributed by atoms with van der Waals surface area (Å²) in [6, 6.07) is 8.49. The highest BCUT2D eigenvalue weighted by atomic mass is 32.2. The number of aliphatic imine (C=N–C) groups is 1. The lowest BCUT2D eigenvalue weighted by Gasteiger charge is -2.11. The Kier molecular flexibility index (Phi) is 6.55. The van der Waals surface area contributed by atoms with Gasteiger partial charge in [0.15, 0.2) is 5.96 Å². The summed E-state index contributed by atoms with van der Waals surface area (Å²) in [7, 11) is 1.80. The molecule has 0 radical (unpaired) electrons. The fourth-order valence-electron chi connectivity index (χ4n) is 1.50. The van der Waals surface area contributed by atoms with Crippen LogP contribution in [-0.2, 0) is 6.54 Å². The van der Waals surface area contributed by atoms with E-state index in [1.807, 2.05) is 11.8 Å². The highest BCUT2D eigenvalue weighted by Crippen LogP contribution is 2.02. The SMILES string of the molecule is CN=C(NCCSC)NCc1cccc(C)c1. The fraction of sp³-hybridized carbons (Fsp3) is 0.462. The van der Waals surface area contributed by atoms with Crippen LogP contribution >= 0.6 is 11.8 Å². The van der Waals surface area contributed by atoms with Crippen LogP contribution in [0.2, 0.25) is 0 Å². The Labute approximate surface area is 108 Å². The number of guanidine groups is 1. The third kappa shape index (κ3) is 5.63. The average Bonchev–Trinajstić information content (AvgIpc) is 2.34. The first-order chi connectivity index (χ1) is 8.26.